The standard InChI is InChI=1S/C21H19N5/c1-3-14-7-10-21(22-18(14)5-1)26-13-16-11-17(8-9-20(16)24-26)25-12-15-4-2-6-19(15)23-25/h7-13H,1-6H2. The van der Waals surface area contributed by atoms with E-state index in [-0.39, 0.29) is 0 Å². The molecule has 0 spiro atoms. The van der Waals surface area contributed by atoms with E-state index in [9.17, 15) is 0 Å². The van der Waals surface area contributed by atoms with Crippen LogP contribution < -0.4 is 0 Å². The van der Waals surface area contributed by atoms with Crippen LogP contribution in [-0.4, -0.2) is 24.5 Å². The molecule has 2 aliphatic carbocycles. The highest BCUT2D eigenvalue weighted by molar-refractivity contribution is 5.80. The van der Waals surface area contributed by atoms with Gasteiger partial charge in [-0.3, -0.25) is 0 Å². The van der Waals surface area contributed by atoms with E-state index in [0.29, 0.717) is 0 Å². The van der Waals surface area contributed by atoms with Crippen molar-refractivity contribution in [1.29, 1.82) is 0 Å². The summed E-state index contributed by atoms with van der Waals surface area (Å²) < 4.78 is 3.91. The first kappa shape index (κ1) is 14.2. The van der Waals surface area contributed by atoms with Crippen molar-refractivity contribution in [1.82, 2.24) is 24.5 Å². The molecular weight excluding hydrogens is 322 g/mol. The van der Waals surface area contributed by atoms with Crippen LogP contribution in [-0.2, 0) is 25.7 Å². The highest BCUT2D eigenvalue weighted by Gasteiger charge is 2.16. The van der Waals surface area contributed by atoms with Crippen molar-refractivity contribution in [3.05, 3.63) is 65.2 Å². The van der Waals surface area contributed by atoms with Gasteiger partial charge in [0.25, 0.3) is 0 Å². The number of fused-ring (bicyclic) bond motifs is 3. The second-order valence-corrected chi connectivity index (χ2v) is 7.34. The van der Waals surface area contributed by atoms with Crippen LogP contribution in [0.3, 0.4) is 0 Å². The highest BCUT2D eigenvalue weighted by Crippen LogP contribution is 2.25. The van der Waals surface area contributed by atoms with Gasteiger partial charge in [0.05, 0.1) is 16.9 Å². The van der Waals surface area contributed by atoms with Gasteiger partial charge in [0.2, 0.25) is 0 Å². The number of pyridine rings is 1. The Morgan fingerprint density at radius 3 is 2.54 bits per heavy atom. The van der Waals surface area contributed by atoms with E-state index in [1.165, 1.54) is 35.4 Å². The van der Waals surface area contributed by atoms with Gasteiger partial charge in [0.1, 0.15) is 0 Å². The number of hydrogen-bond acceptors (Lipinski definition) is 3. The van der Waals surface area contributed by atoms with Crippen molar-refractivity contribution in [2.45, 2.75) is 38.5 Å². The normalized spacial score (nSPS) is 15.5. The van der Waals surface area contributed by atoms with Gasteiger partial charge in [-0.25, -0.2) is 14.3 Å². The molecule has 2 aliphatic rings. The van der Waals surface area contributed by atoms with E-state index in [1.807, 2.05) is 9.36 Å². The molecule has 0 saturated heterocycles. The molecule has 0 bridgehead atoms. The van der Waals surface area contributed by atoms with E-state index in [0.717, 1.165) is 48.1 Å². The summed E-state index contributed by atoms with van der Waals surface area (Å²) in [5.41, 5.74) is 7.34. The van der Waals surface area contributed by atoms with Crippen LogP contribution in [0.15, 0.2) is 42.7 Å². The van der Waals surface area contributed by atoms with Gasteiger partial charge in [-0.15, -0.1) is 0 Å². The lowest BCUT2D eigenvalue weighted by Gasteiger charge is -2.03. The first-order chi connectivity index (χ1) is 12.8. The quantitative estimate of drug-likeness (QED) is 0.560. The Balaban J connectivity index is 1.41. The molecule has 3 heterocycles. The molecule has 0 aliphatic heterocycles. The average Bonchev–Trinajstić information content (AvgIpc) is 3.41. The Labute approximate surface area is 151 Å². The molecule has 128 valence electrons. The molecule has 3 aromatic heterocycles. The third kappa shape index (κ3) is 2.13. The molecule has 0 N–H and O–H groups in total. The zero-order valence-corrected chi connectivity index (χ0v) is 14.5. The maximum atomic E-state index is 4.82. The fourth-order valence-corrected chi connectivity index (χ4v) is 4.25. The largest absolute Gasteiger partial charge is 0.240 e. The first-order valence-electron chi connectivity index (χ1n) is 9.40. The van der Waals surface area contributed by atoms with Crippen molar-refractivity contribution >= 4 is 10.9 Å². The average molecular weight is 341 g/mol. The number of aromatic nitrogens is 5. The molecule has 1 aromatic carbocycles. The van der Waals surface area contributed by atoms with Gasteiger partial charge in [-0.1, -0.05) is 6.07 Å². The number of aryl methyl sites for hydroxylation is 4. The smallest absolute Gasteiger partial charge is 0.153 e. The summed E-state index contributed by atoms with van der Waals surface area (Å²) in [5, 5.41) is 10.6. The molecule has 0 unspecified atom stereocenters. The van der Waals surface area contributed by atoms with Crippen molar-refractivity contribution in [3.8, 4) is 11.5 Å². The van der Waals surface area contributed by atoms with Crippen LogP contribution in [0.1, 0.15) is 35.4 Å². The summed E-state index contributed by atoms with van der Waals surface area (Å²) in [6.07, 6.45) is 11.2. The summed E-state index contributed by atoms with van der Waals surface area (Å²) in [7, 11) is 0. The third-order valence-electron chi connectivity index (χ3n) is 5.64. The lowest BCUT2D eigenvalue weighted by atomic mass is 10.2. The van der Waals surface area contributed by atoms with Gasteiger partial charge in [-0.05, 0) is 73.9 Å². The maximum absolute atomic E-state index is 4.82. The topological polar surface area (TPSA) is 48.5 Å². The predicted octanol–water partition coefficient (Wildman–Crippen LogP) is 3.58. The molecule has 5 nitrogen and oxygen atoms in total. The van der Waals surface area contributed by atoms with E-state index in [2.05, 4.69) is 42.7 Å². The Morgan fingerprint density at radius 2 is 1.62 bits per heavy atom. The maximum Gasteiger partial charge on any atom is 0.153 e. The predicted molar refractivity (Wildman–Crippen MR) is 100 cm³/mol. The lowest BCUT2D eigenvalue weighted by Crippen LogP contribution is -2.00. The molecule has 5 heteroatoms. The van der Waals surface area contributed by atoms with Gasteiger partial charge >= 0.3 is 0 Å². The van der Waals surface area contributed by atoms with E-state index >= 15 is 0 Å². The van der Waals surface area contributed by atoms with E-state index < -0.39 is 0 Å². The SMILES string of the molecule is c1cc2nn(-c3ccc4c(n3)CCC4)cc2cc1-n1cc2c(n1)CCC2. The minimum Gasteiger partial charge on any atom is -0.240 e. The molecule has 26 heavy (non-hydrogen) atoms. The molecule has 0 saturated carbocycles. The molecule has 4 aromatic rings. The second-order valence-electron chi connectivity index (χ2n) is 7.34. The molecular formula is C21H19N5. The van der Waals surface area contributed by atoms with Crippen molar-refractivity contribution in [2.24, 2.45) is 0 Å². The van der Waals surface area contributed by atoms with Crippen molar-refractivity contribution in [2.75, 3.05) is 0 Å². The first-order valence-corrected chi connectivity index (χ1v) is 9.40. The number of nitrogens with zero attached hydrogens (tertiary/aromatic N) is 5. The van der Waals surface area contributed by atoms with E-state index in [4.69, 9.17) is 15.2 Å². The number of rotatable bonds is 2. The van der Waals surface area contributed by atoms with Gasteiger partial charge in [0, 0.05) is 23.5 Å². The summed E-state index contributed by atoms with van der Waals surface area (Å²) >= 11 is 0. The van der Waals surface area contributed by atoms with Crippen LogP contribution in [0, 0.1) is 0 Å². The molecule has 6 rings (SSSR count). The van der Waals surface area contributed by atoms with Crippen LogP contribution in [0.2, 0.25) is 0 Å². The molecule has 0 fully saturated rings. The van der Waals surface area contributed by atoms with E-state index in [1.54, 1.807) is 0 Å². The Morgan fingerprint density at radius 1 is 0.731 bits per heavy atom. The van der Waals surface area contributed by atoms with Crippen LogP contribution in [0.25, 0.3) is 22.4 Å². The fourth-order valence-electron chi connectivity index (χ4n) is 4.25. The Kier molecular flexibility index (Phi) is 2.89. The fraction of sp³-hybridized carbons (Fsp3) is 0.286. The summed E-state index contributed by atoms with van der Waals surface area (Å²) in [5.74, 6) is 0.904. The van der Waals surface area contributed by atoms with Crippen LogP contribution in [0.4, 0.5) is 0 Å². The summed E-state index contributed by atoms with van der Waals surface area (Å²) in [6, 6.07) is 10.6. The van der Waals surface area contributed by atoms with Crippen LogP contribution in [0.5, 0.6) is 0 Å². The van der Waals surface area contributed by atoms with Crippen molar-refractivity contribution in [3.63, 3.8) is 0 Å². The third-order valence-corrected chi connectivity index (χ3v) is 5.64. The van der Waals surface area contributed by atoms with Gasteiger partial charge in [0.15, 0.2) is 5.82 Å². The minimum absolute atomic E-state index is 0.904. The lowest BCUT2D eigenvalue weighted by molar-refractivity contribution is 0.801. The van der Waals surface area contributed by atoms with Gasteiger partial charge < -0.3 is 0 Å². The second kappa shape index (κ2) is 5.27. The Bertz CT molecular complexity index is 1130. The molecule has 0 atom stereocenters. The minimum atomic E-state index is 0.904. The number of hydrogen-bond donors (Lipinski definition) is 0. The monoisotopic (exact) mass is 341 g/mol. The Hall–Kier alpha value is -2.95. The summed E-state index contributed by atoms with van der Waals surface area (Å²) in [4.78, 5) is 4.82. The molecule has 0 amide bonds. The zero-order valence-electron chi connectivity index (χ0n) is 14.5. The van der Waals surface area contributed by atoms with Crippen molar-refractivity contribution < 1.29 is 0 Å². The highest BCUT2D eigenvalue weighted by atomic mass is 15.3. The van der Waals surface area contributed by atoms with Gasteiger partial charge in [-0.2, -0.15) is 10.2 Å². The number of benzene rings is 1. The summed E-state index contributed by atoms with van der Waals surface area (Å²) in [6.45, 7) is 0. The molecule has 0 radical (unpaired) electrons. The zero-order chi connectivity index (χ0) is 17.1. The van der Waals surface area contributed by atoms with Crippen LogP contribution >= 0.6 is 0 Å².